The molecule has 0 aromatic carbocycles. The van der Waals surface area contributed by atoms with Gasteiger partial charge in [-0.3, -0.25) is 4.79 Å². The summed E-state index contributed by atoms with van der Waals surface area (Å²) in [5.41, 5.74) is 1.86. The van der Waals surface area contributed by atoms with Gasteiger partial charge in [0, 0.05) is 25.4 Å². The second-order valence-electron chi connectivity index (χ2n) is 4.04. The number of nitrogens with one attached hydrogen (secondary N) is 2. The lowest BCUT2D eigenvalue weighted by atomic mass is 10.1. The molecule has 5 nitrogen and oxygen atoms in total. The van der Waals surface area contributed by atoms with Crippen LogP contribution in [0.3, 0.4) is 0 Å². The highest BCUT2D eigenvalue weighted by molar-refractivity contribution is 5.88. The number of hydrogen-bond donors (Lipinski definition) is 2. The standard InChI is InChI=1S/C13H17N3O2/c1-3-14-6-4-10-8-16-13-12(10)11(5-7-15-13)18-9(2)17/h5,7-8,14H,3-4,6H2,1-2H3,(H,15,16). The van der Waals surface area contributed by atoms with Gasteiger partial charge in [-0.2, -0.15) is 0 Å². The number of hydrogen-bond acceptors (Lipinski definition) is 4. The van der Waals surface area contributed by atoms with Crippen molar-refractivity contribution in [2.75, 3.05) is 13.1 Å². The highest BCUT2D eigenvalue weighted by Crippen LogP contribution is 2.27. The van der Waals surface area contributed by atoms with Gasteiger partial charge in [0.1, 0.15) is 11.4 Å². The summed E-state index contributed by atoms with van der Waals surface area (Å²) in [4.78, 5) is 18.4. The summed E-state index contributed by atoms with van der Waals surface area (Å²) < 4.78 is 5.21. The van der Waals surface area contributed by atoms with E-state index in [1.54, 1.807) is 12.3 Å². The van der Waals surface area contributed by atoms with Crippen LogP contribution >= 0.6 is 0 Å². The maximum absolute atomic E-state index is 11.1. The van der Waals surface area contributed by atoms with Gasteiger partial charge in [-0.15, -0.1) is 0 Å². The highest BCUT2D eigenvalue weighted by atomic mass is 16.5. The van der Waals surface area contributed by atoms with Crippen molar-refractivity contribution in [2.24, 2.45) is 0 Å². The minimum absolute atomic E-state index is 0.318. The zero-order chi connectivity index (χ0) is 13.0. The number of aromatic nitrogens is 2. The van der Waals surface area contributed by atoms with E-state index in [1.807, 2.05) is 6.20 Å². The van der Waals surface area contributed by atoms with E-state index in [1.165, 1.54) is 6.92 Å². The second-order valence-corrected chi connectivity index (χ2v) is 4.04. The summed E-state index contributed by atoms with van der Waals surface area (Å²) >= 11 is 0. The maximum atomic E-state index is 11.1. The molecule has 0 amide bonds. The summed E-state index contributed by atoms with van der Waals surface area (Å²) in [6, 6.07) is 1.72. The number of pyridine rings is 1. The van der Waals surface area contributed by atoms with Gasteiger partial charge in [0.05, 0.1) is 5.39 Å². The summed E-state index contributed by atoms with van der Waals surface area (Å²) in [6.07, 6.45) is 4.42. The van der Waals surface area contributed by atoms with E-state index in [0.29, 0.717) is 5.75 Å². The minimum Gasteiger partial charge on any atom is -0.426 e. The molecule has 2 aromatic rings. The molecule has 96 valence electrons. The molecule has 2 N–H and O–H groups in total. The van der Waals surface area contributed by atoms with Crippen LogP contribution in [-0.4, -0.2) is 29.0 Å². The van der Waals surface area contributed by atoms with Gasteiger partial charge in [0.15, 0.2) is 0 Å². The Morgan fingerprint density at radius 1 is 1.56 bits per heavy atom. The van der Waals surface area contributed by atoms with Gasteiger partial charge in [0.2, 0.25) is 0 Å². The summed E-state index contributed by atoms with van der Waals surface area (Å²) in [7, 11) is 0. The fraction of sp³-hybridized carbons (Fsp3) is 0.385. The van der Waals surface area contributed by atoms with E-state index in [9.17, 15) is 4.79 Å². The maximum Gasteiger partial charge on any atom is 0.308 e. The Hall–Kier alpha value is -1.88. The Balaban J connectivity index is 2.32. The summed E-state index contributed by atoms with van der Waals surface area (Å²) in [6.45, 7) is 5.30. The number of likely N-dealkylation sites (N-methyl/N-ethyl adjacent to an activating group) is 1. The first kappa shape index (κ1) is 12.6. The number of ether oxygens (including phenoxy) is 1. The molecule has 0 unspecified atom stereocenters. The van der Waals surface area contributed by atoms with Crippen LogP contribution in [0.25, 0.3) is 11.0 Å². The first-order valence-corrected chi connectivity index (χ1v) is 6.06. The molecule has 0 spiro atoms. The van der Waals surface area contributed by atoms with Crippen molar-refractivity contribution in [3.05, 3.63) is 24.0 Å². The molecule has 2 rings (SSSR count). The lowest BCUT2D eigenvalue weighted by molar-refractivity contribution is -0.131. The molecular formula is C13H17N3O2. The van der Waals surface area contributed by atoms with Crippen molar-refractivity contribution in [3.63, 3.8) is 0 Å². The zero-order valence-corrected chi connectivity index (χ0v) is 10.6. The van der Waals surface area contributed by atoms with E-state index < -0.39 is 0 Å². The van der Waals surface area contributed by atoms with Crippen molar-refractivity contribution in [1.82, 2.24) is 15.3 Å². The number of rotatable bonds is 5. The lowest BCUT2D eigenvalue weighted by Gasteiger charge is -2.05. The number of aromatic amines is 1. The summed E-state index contributed by atoms with van der Waals surface area (Å²) in [5.74, 6) is 0.251. The molecule has 0 fully saturated rings. The molecule has 5 heteroatoms. The quantitative estimate of drug-likeness (QED) is 0.622. The monoisotopic (exact) mass is 247 g/mol. The molecule has 2 heterocycles. The second kappa shape index (κ2) is 5.64. The normalized spacial score (nSPS) is 10.8. The number of nitrogens with zero attached hydrogens (tertiary/aromatic N) is 1. The van der Waals surface area contributed by atoms with E-state index in [2.05, 4.69) is 22.2 Å². The Bertz CT molecular complexity index is 548. The average molecular weight is 247 g/mol. The Morgan fingerprint density at radius 2 is 2.39 bits per heavy atom. The Morgan fingerprint density at radius 3 is 3.11 bits per heavy atom. The molecule has 0 aliphatic heterocycles. The number of H-pyrrole nitrogens is 1. The fourth-order valence-electron chi connectivity index (χ4n) is 1.93. The molecule has 0 saturated carbocycles. The SMILES string of the molecule is CCNCCc1c[nH]c2nccc(OC(C)=O)c12. The lowest BCUT2D eigenvalue weighted by Crippen LogP contribution is -2.16. The molecular weight excluding hydrogens is 230 g/mol. The molecule has 18 heavy (non-hydrogen) atoms. The van der Waals surface area contributed by atoms with Gasteiger partial charge < -0.3 is 15.0 Å². The van der Waals surface area contributed by atoms with Gasteiger partial charge in [-0.05, 0) is 25.1 Å². The number of carbonyl (C=O) groups excluding carboxylic acids is 1. The van der Waals surface area contributed by atoms with Gasteiger partial charge in [0.25, 0.3) is 0 Å². The van der Waals surface area contributed by atoms with Crippen LogP contribution in [0.5, 0.6) is 5.75 Å². The zero-order valence-electron chi connectivity index (χ0n) is 10.6. The molecule has 0 atom stereocenters. The third-order valence-corrected chi connectivity index (χ3v) is 2.69. The molecule has 0 radical (unpaired) electrons. The van der Waals surface area contributed by atoms with Crippen molar-refractivity contribution >= 4 is 17.0 Å². The topological polar surface area (TPSA) is 67.0 Å². The van der Waals surface area contributed by atoms with E-state index in [0.717, 1.165) is 36.1 Å². The predicted molar refractivity (Wildman–Crippen MR) is 69.7 cm³/mol. The van der Waals surface area contributed by atoms with Crippen LogP contribution < -0.4 is 10.1 Å². The third-order valence-electron chi connectivity index (χ3n) is 2.69. The number of esters is 1. The predicted octanol–water partition coefficient (Wildman–Crippen LogP) is 1.64. The van der Waals surface area contributed by atoms with Gasteiger partial charge >= 0.3 is 5.97 Å². The van der Waals surface area contributed by atoms with E-state index in [-0.39, 0.29) is 5.97 Å². The van der Waals surface area contributed by atoms with Crippen LogP contribution in [0.2, 0.25) is 0 Å². The van der Waals surface area contributed by atoms with E-state index >= 15 is 0 Å². The number of fused-ring (bicyclic) bond motifs is 1. The van der Waals surface area contributed by atoms with Crippen molar-refractivity contribution < 1.29 is 9.53 Å². The number of carbonyl (C=O) groups is 1. The van der Waals surface area contributed by atoms with Crippen LogP contribution in [0, 0.1) is 0 Å². The van der Waals surface area contributed by atoms with Crippen molar-refractivity contribution in [3.8, 4) is 5.75 Å². The van der Waals surface area contributed by atoms with Crippen LogP contribution in [0.15, 0.2) is 18.5 Å². The average Bonchev–Trinajstić information content (AvgIpc) is 2.73. The van der Waals surface area contributed by atoms with Crippen molar-refractivity contribution in [2.45, 2.75) is 20.3 Å². The molecule has 0 saturated heterocycles. The molecule has 0 bridgehead atoms. The smallest absolute Gasteiger partial charge is 0.308 e. The Labute approximate surface area is 106 Å². The minimum atomic E-state index is -0.318. The van der Waals surface area contributed by atoms with Crippen LogP contribution in [0.1, 0.15) is 19.4 Å². The first-order chi connectivity index (χ1) is 8.72. The Kier molecular flexibility index (Phi) is 3.94. The largest absolute Gasteiger partial charge is 0.426 e. The van der Waals surface area contributed by atoms with E-state index in [4.69, 9.17) is 4.74 Å². The summed E-state index contributed by atoms with van der Waals surface area (Å²) in [5, 5.41) is 4.16. The molecule has 0 aliphatic rings. The first-order valence-electron chi connectivity index (χ1n) is 6.06. The third kappa shape index (κ3) is 2.68. The van der Waals surface area contributed by atoms with Gasteiger partial charge in [-0.25, -0.2) is 4.98 Å². The van der Waals surface area contributed by atoms with Crippen LogP contribution in [0.4, 0.5) is 0 Å². The molecule has 2 aromatic heterocycles. The van der Waals surface area contributed by atoms with Crippen molar-refractivity contribution in [1.29, 1.82) is 0 Å². The van der Waals surface area contributed by atoms with Gasteiger partial charge in [-0.1, -0.05) is 6.92 Å². The highest BCUT2D eigenvalue weighted by Gasteiger charge is 2.11. The molecule has 0 aliphatic carbocycles. The fourth-order valence-corrected chi connectivity index (χ4v) is 1.93. The van der Waals surface area contributed by atoms with Crippen LogP contribution in [-0.2, 0) is 11.2 Å².